The Labute approximate surface area is 167 Å². The number of amides is 2. The van der Waals surface area contributed by atoms with Crippen molar-refractivity contribution in [1.82, 2.24) is 4.90 Å². The Morgan fingerprint density at radius 1 is 1.30 bits per heavy atom. The maximum atomic E-state index is 12.4. The van der Waals surface area contributed by atoms with Gasteiger partial charge in [-0.25, -0.2) is 0 Å². The van der Waals surface area contributed by atoms with Crippen molar-refractivity contribution in [2.75, 3.05) is 11.4 Å². The largest absolute Gasteiger partial charge is 0.364 e. The van der Waals surface area contributed by atoms with Crippen molar-refractivity contribution < 1.29 is 9.59 Å². The van der Waals surface area contributed by atoms with Gasteiger partial charge in [0.15, 0.2) is 0 Å². The number of fused-ring (bicyclic) bond motifs is 1. The summed E-state index contributed by atoms with van der Waals surface area (Å²) >= 11 is 1.04. The summed E-state index contributed by atoms with van der Waals surface area (Å²) in [6, 6.07) is 4.89. The molecule has 0 aliphatic carbocycles. The molecule has 1 aromatic rings. The Hall–Kier alpha value is -1.75. The summed E-state index contributed by atoms with van der Waals surface area (Å²) in [6.07, 6.45) is 2.98. The normalized spacial score (nSPS) is 23.6. The smallest absolute Gasteiger partial charge is 0.293 e. The van der Waals surface area contributed by atoms with Crippen LogP contribution in [0.3, 0.4) is 0 Å². The van der Waals surface area contributed by atoms with Crippen LogP contribution in [-0.2, 0) is 4.79 Å². The van der Waals surface area contributed by atoms with Crippen LogP contribution in [0.4, 0.5) is 10.5 Å². The number of benzene rings is 1. The predicted molar refractivity (Wildman–Crippen MR) is 114 cm³/mol. The molecule has 1 saturated heterocycles. The number of aryl methyl sites for hydroxylation is 1. The van der Waals surface area contributed by atoms with Crippen LogP contribution < -0.4 is 4.90 Å². The van der Waals surface area contributed by atoms with Crippen molar-refractivity contribution in [2.45, 2.75) is 72.4 Å². The van der Waals surface area contributed by atoms with E-state index < -0.39 is 0 Å². The van der Waals surface area contributed by atoms with E-state index in [0.29, 0.717) is 23.4 Å². The van der Waals surface area contributed by atoms with Crippen LogP contribution in [0.2, 0.25) is 0 Å². The van der Waals surface area contributed by atoms with Gasteiger partial charge in [-0.3, -0.25) is 14.5 Å². The zero-order valence-electron chi connectivity index (χ0n) is 17.4. The molecule has 4 nitrogen and oxygen atoms in total. The first-order valence-corrected chi connectivity index (χ1v) is 10.6. The average molecular weight is 387 g/mol. The Morgan fingerprint density at radius 2 is 1.96 bits per heavy atom. The standard InChI is InChI=1S/C22H30N2O2S/c1-8-23-20(25)19(27-21(23)26)11-16-10-17-15(5)12-22(6,7)24(13(2)3)18(17)9-14(16)4/h9-11,13,15H,8,12H2,1-7H3/b19-11-/t15-/m0/s1. The number of nitrogens with zero attached hydrogens (tertiary/aromatic N) is 2. The zero-order valence-corrected chi connectivity index (χ0v) is 18.2. The van der Waals surface area contributed by atoms with Crippen molar-refractivity contribution in [3.63, 3.8) is 0 Å². The molecule has 0 radical (unpaired) electrons. The molecule has 0 aromatic heterocycles. The second-order valence-electron chi connectivity index (χ2n) is 8.57. The van der Waals surface area contributed by atoms with E-state index in [1.165, 1.54) is 16.2 Å². The fourth-order valence-corrected chi connectivity index (χ4v) is 5.55. The SMILES string of the molecule is CCN1C(=O)S/C(=C\c2cc3c(cc2C)N(C(C)C)C(C)(C)C[C@@H]3C)C1=O. The van der Waals surface area contributed by atoms with Crippen LogP contribution >= 0.6 is 11.8 Å². The summed E-state index contributed by atoms with van der Waals surface area (Å²) in [7, 11) is 0. The summed E-state index contributed by atoms with van der Waals surface area (Å²) in [5.41, 5.74) is 4.90. The third-order valence-corrected chi connectivity index (χ3v) is 6.56. The minimum Gasteiger partial charge on any atom is -0.364 e. The second-order valence-corrected chi connectivity index (χ2v) is 9.57. The van der Waals surface area contributed by atoms with E-state index >= 15 is 0 Å². The molecule has 146 valence electrons. The molecule has 2 aliphatic heterocycles. The minimum atomic E-state index is -0.178. The Kier molecular flexibility index (Phi) is 5.19. The predicted octanol–water partition coefficient (Wildman–Crippen LogP) is 5.55. The van der Waals surface area contributed by atoms with Crippen LogP contribution in [0, 0.1) is 6.92 Å². The first-order valence-electron chi connectivity index (χ1n) is 9.76. The summed E-state index contributed by atoms with van der Waals surface area (Å²) < 4.78 is 0. The summed E-state index contributed by atoms with van der Waals surface area (Å²) in [5.74, 6) is 0.270. The number of imide groups is 1. The first kappa shape index (κ1) is 20.0. The second kappa shape index (κ2) is 7.01. The molecule has 2 amide bonds. The van der Waals surface area contributed by atoms with Gasteiger partial charge < -0.3 is 4.90 Å². The number of hydrogen-bond donors (Lipinski definition) is 0. The number of carbonyl (C=O) groups excluding carboxylic acids is 2. The highest BCUT2D eigenvalue weighted by molar-refractivity contribution is 8.18. The molecule has 1 fully saturated rings. The van der Waals surface area contributed by atoms with E-state index in [0.717, 1.165) is 29.3 Å². The van der Waals surface area contributed by atoms with Crippen molar-refractivity contribution in [1.29, 1.82) is 0 Å². The molecular weight excluding hydrogens is 356 g/mol. The van der Waals surface area contributed by atoms with Crippen LogP contribution in [0.5, 0.6) is 0 Å². The zero-order chi connectivity index (χ0) is 20.1. The topological polar surface area (TPSA) is 40.6 Å². The lowest BCUT2D eigenvalue weighted by Gasteiger charge is -2.50. The number of likely N-dealkylation sites (N-methyl/N-ethyl adjacent to an activating group) is 1. The molecule has 0 bridgehead atoms. The van der Waals surface area contributed by atoms with Crippen LogP contribution in [0.25, 0.3) is 6.08 Å². The Balaban J connectivity index is 2.07. The van der Waals surface area contributed by atoms with Crippen LogP contribution in [-0.4, -0.2) is 34.2 Å². The number of hydrogen-bond acceptors (Lipinski definition) is 4. The van der Waals surface area contributed by atoms with Gasteiger partial charge in [-0.05, 0) is 101 Å². The number of carbonyl (C=O) groups is 2. The number of rotatable bonds is 3. The minimum absolute atomic E-state index is 0.109. The Morgan fingerprint density at radius 3 is 2.52 bits per heavy atom. The van der Waals surface area contributed by atoms with Gasteiger partial charge in [0.1, 0.15) is 0 Å². The molecule has 1 atom stereocenters. The molecule has 2 heterocycles. The molecule has 27 heavy (non-hydrogen) atoms. The fourth-order valence-electron chi connectivity index (χ4n) is 4.66. The summed E-state index contributed by atoms with van der Waals surface area (Å²) in [4.78, 5) is 28.8. The maximum absolute atomic E-state index is 12.4. The van der Waals surface area contributed by atoms with Gasteiger partial charge >= 0.3 is 0 Å². The van der Waals surface area contributed by atoms with E-state index in [2.05, 4.69) is 58.6 Å². The number of anilines is 1. The van der Waals surface area contributed by atoms with Gasteiger partial charge in [0.2, 0.25) is 0 Å². The maximum Gasteiger partial charge on any atom is 0.293 e. The highest BCUT2D eigenvalue weighted by Crippen LogP contribution is 2.46. The van der Waals surface area contributed by atoms with Gasteiger partial charge in [-0.2, -0.15) is 0 Å². The molecule has 3 rings (SSSR count). The van der Waals surface area contributed by atoms with Crippen molar-refractivity contribution in [3.8, 4) is 0 Å². The lowest BCUT2D eigenvalue weighted by molar-refractivity contribution is -0.122. The molecule has 2 aliphatic rings. The molecule has 1 aromatic carbocycles. The van der Waals surface area contributed by atoms with E-state index in [1.54, 1.807) is 0 Å². The van der Waals surface area contributed by atoms with Gasteiger partial charge in [-0.1, -0.05) is 6.92 Å². The Bertz CT molecular complexity index is 826. The van der Waals surface area contributed by atoms with E-state index in [-0.39, 0.29) is 16.7 Å². The summed E-state index contributed by atoms with van der Waals surface area (Å²) in [6.45, 7) is 15.7. The molecular formula is C22H30N2O2S. The molecule has 0 spiro atoms. The van der Waals surface area contributed by atoms with Crippen LogP contribution in [0.1, 0.15) is 70.6 Å². The molecule has 5 heteroatoms. The lowest BCUT2D eigenvalue weighted by Crippen LogP contribution is -2.51. The van der Waals surface area contributed by atoms with Crippen molar-refractivity contribution >= 4 is 34.7 Å². The third-order valence-electron chi connectivity index (χ3n) is 5.66. The van der Waals surface area contributed by atoms with Crippen LogP contribution in [0.15, 0.2) is 17.0 Å². The van der Waals surface area contributed by atoms with Gasteiger partial charge in [-0.15, -0.1) is 0 Å². The number of thioether (sulfide) groups is 1. The molecule has 0 saturated carbocycles. The van der Waals surface area contributed by atoms with E-state index in [1.807, 2.05) is 13.0 Å². The van der Waals surface area contributed by atoms with Crippen molar-refractivity contribution in [3.05, 3.63) is 33.7 Å². The quantitative estimate of drug-likeness (QED) is 0.639. The highest BCUT2D eigenvalue weighted by Gasteiger charge is 2.38. The van der Waals surface area contributed by atoms with Gasteiger partial charge in [0.25, 0.3) is 11.1 Å². The average Bonchev–Trinajstić information content (AvgIpc) is 2.81. The van der Waals surface area contributed by atoms with Gasteiger partial charge in [0.05, 0.1) is 4.91 Å². The van der Waals surface area contributed by atoms with Gasteiger partial charge in [0, 0.05) is 23.8 Å². The summed E-state index contributed by atoms with van der Waals surface area (Å²) in [5, 5.41) is -0.175. The van der Waals surface area contributed by atoms with E-state index in [4.69, 9.17) is 0 Å². The third kappa shape index (κ3) is 3.42. The lowest BCUT2D eigenvalue weighted by atomic mass is 9.78. The highest BCUT2D eigenvalue weighted by atomic mass is 32.2. The monoisotopic (exact) mass is 386 g/mol. The molecule has 0 N–H and O–H groups in total. The van der Waals surface area contributed by atoms with Crippen molar-refractivity contribution in [2.24, 2.45) is 0 Å². The first-order chi connectivity index (χ1) is 12.6. The van der Waals surface area contributed by atoms with E-state index in [9.17, 15) is 9.59 Å². The fraction of sp³-hybridized carbons (Fsp3) is 0.545. The molecule has 0 unspecified atom stereocenters.